The van der Waals surface area contributed by atoms with E-state index in [0.717, 1.165) is 16.5 Å². The lowest BCUT2D eigenvalue weighted by Gasteiger charge is -2.07. The van der Waals surface area contributed by atoms with E-state index in [1.54, 1.807) is 22.1 Å². The van der Waals surface area contributed by atoms with E-state index in [4.69, 9.17) is 10.5 Å². The van der Waals surface area contributed by atoms with Crippen molar-refractivity contribution in [1.82, 2.24) is 20.2 Å². The van der Waals surface area contributed by atoms with E-state index >= 15 is 0 Å². The second-order valence-corrected chi connectivity index (χ2v) is 5.07. The van der Waals surface area contributed by atoms with Crippen molar-refractivity contribution in [3.63, 3.8) is 0 Å². The number of aromatic nitrogens is 4. The van der Waals surface area contributed by atoms with Gasteiger partial charge >= 0.3 is 0 Å². The molecule has 2 aromatic heterocycles. The maximum Gasteiger partial charge on any atom is 0.192 e. The number of nitrogens with zero attached hydrogens (tertiary/aromatic N) is 4. The third kappa shape index (κ3) is 2.77. The summed E-state index contributed by atoms with van der Waals surface area (Å²) >= 11 is 1.61. The molecule has 0 aliphatic carbocycles. The van der Waals surface area contributed by atoms with Crippen LogP contribution in [0.2, 0.25) is 0 Å². The molecule has 0 radical (unpaired) electrons. The van der Waals surface area contributed by atoms with Gasteiger partial charge in [-0.1, -0.05) is 12.1 Å². The largest absolute Gasteiger partial charge is 0.492 e. The molecule has 7 heteroatoms. The van der Waals surface area contributed by atoms with Crippen molar-refractivity contribution in [2.45, 2.75) is 6.54 Å². The summed E-state index contributed by atoms with van der Waals surface area (Å²) in [6.45, 7) is 1.06. The lowest BCUT2D eigenvalue weighted by Crippen LogP contribution is -2.10. The minimum absolute atomic E-state index is 0.479. The molecule has 0 saturated heterocycles. The van der Waals surface area contributed by atoms with Crippen LogP contribution in [0.4, 0.5) is 5.69 Å². The molecule has 0 atom stereocenters. The Hall–Kier alpha value is -2.41. The minimum atomic E-state index is 0.479. The van der Waals surface area contributed by atoms with Gasteiger partial charge in [0.1, 0.15) is 12.4 Å². The first kappa shape index (κ1) is 12.6. The summed E-state index contributed by atoms with van der Waals surface area (Å²) in [6.07, 6.45) is 0. The molecule has 2 heterocycles. The van der Waals surface area contributed by atoms with Gasteiger partial charge in [0.25, 0.3) is 0 Å². The maximum atomic E-state index is 5.70. The molecule has 0 unspecified atom stereocenters. The summed E-state index contributed by atoms with van der Waals surface area (Å²) in [7, 11) is 0. The molecule has 0 amide bonds. The lowest BCUT2D eigenvalue weighted by molar-refractivity contribution is 0.291. The number of thiophene rings is 1. The summed E-state index contributed by atoms with van der Waals surface area (Å²) in [5.74, 6) is 1.51. The fraction of sp³-hybridized carbons (Fsp3) is 0.154. The number of ether oxygens (including phenoxy) is 1. The molecule has 0 bridgehead atoms. The van der Waals surface area contributed by atoms with Crippen LogP contribution in [0.1, 0.15) is 0 Å². The van der Waals surface area contributed by atoms with Gasteiger partial charge in [-0.25, -0.2) is 4.68 Å². The number of tetrazole rings is 1. The molecule has 0 spiro atoms. The number of anilines is 1. The van der Waals surface area contributed by atoms with Crippen LogP contribution < -0.4 is 10.5 Å². The molecule has 3 rings (SSSR count). The van der Waals surface area contributed by atoms with Crippen LogP contribution in [0, 0.1) is 0 Å². The topological polar surface area (TPSA) is 78.9 Å². The Balaban J connectivity index is 1.64. The average molecular weight is 287 g/mol. The number of rotatable bonds is 5. The Morgan fingerprint density at radius 3 is 3.00 bits per heavy atom. The highest BCUT2D eigenvalue weighted by Gasteiger charge is 2.09. The van der Waals surface area contributed by atoms with Gasteiger partial charge in [-0.3, -0.25) is 0 Å². The van der Waals surface area contributed by atoms with Gasteiger partial charge in [0.15, 0.2) is 5.82 Å². The molecule has 102 valence electrons. The van der Waals surface area contributed by atoms with Crippen LogP contribution in [0.25, 0.3) is 10.7 Å². The van der Waals surface area contributed by atoms with E-state index in [2.05, 4.69) is 15.5 Å². The monoisotopic (exact) mass is 287 g/mol. The van der Waals surface area contributed by atoms with Gasteiger partial charge in [0, 0.05) is 11.8 Å². The summed E-state index contributed by atoms with van der Waals surface area (Å²) in [4.78, 5) is 1.04. The standard InChI is InChI=1S/C13H13N5OS/c14-10-3-1-4-11(9-10)19-7-6-18-13(15-16-17-18)12-5-2-8-20-12/h1-5,8-9H,6-7,14H2. The fourth-order valence-electron chi connectivity index (χ4n) is 1.79. The maximum absolute atomic E-state index is 5.70. The van der Waals surface area contributed by atoms with Gasteiger partial charge < -0.3 is 10.5 Å². The third-order valence-corrected chi connectivity index (χ3v) is 3.57. The second kappa shape index (κ2) is 5.70. The summed E-state index contributed by atoms with van der Waals surface area (Å²) in [5, 5.41) is 13.7. The highest BCUT2D eigenvalue weighted by Crippen LogP contribution is 2.21. The Labute approximate surface area is 119 Å². The zero-order valence-electron chi connectivity index (χ0n) is 10.6. The van der Waals surface area contributed by atoms with E-state index in [-0.39, 0.29) is 0 Å². The van der Waals surface area contributed by atoms with Crippen molar-refractivity contribution < 1.29 is 4.74 Å². The van der Waals surface area contributed by atoms with Crippen molar-refractivity contribution in [2.24, 2.45) is 0 Å². The van der Waals surface area contributed by atoms with E-state index in [1.165, 1.54) is 0 Å². The van der Waals surface area contributed by atoms with Gasteiger partial charge in [-0.05, 0) is 34.0 Å². The zero-order chi connectivity index (χ0) is 13.8. The molecule has 2 N–H and O–H groups in total. The Kier molecular flexibility index (Phi) is 3.60. The quantitative estimate of drug-likeness (QED) is 0.727. The fourth-order valence-corrected chi connectivity index (χ4v) is 2.50. The molecule has 3 aromatic rings. The van der Waals surface area contributed by atoms with Crippen LogP contribution in [-0.2, 0) is 6.54 Å². The number of hydrogen-bond acceptors (Lipinski definition) is 6. The molecule has 0 aliphatic heterocycles. The Morgan fingerprint density at radius 1 is 1.25 bits per heavy atom. The summed E-state index contributed by atoms with van der Waals surface area (Å²) < 4.78 is 7.37. The number of nitrogens with two attached hydrogens (primary N) is 1. The predicted octanol–water partition coefficient (Wildman–Crippen LogP) is 2.06. The first-order valence-electron chi connectivity index (χ1n) is 6.11. The molecule has 1 aromatic carbocycles. The van der Waals surface area contributed by atoms with Crippen LogP contribution in [0.3, 0.4) is 0 Å². The molecule has 6 nitrogen and oxygen atoms in total. The van der Waals surface area contributed by atoms with E-state index in [1.807, 2.05) is 35.7 Å². The predicted molar refractivity (Wildman–Crippen MR) is 77.5 cm³/mol. The molecular formula is C13H13N5OS. The van der Waals surface area contributed by atoms with Crippen molar-refractivity contribution in [3.05, 3.63) is 41.8 Å². The normalized spacial score (nSPS) is 10.6. The number of hydrogen-bond donors (Lipinski definition) is 1. The van der Waals surface area contributed by atoms with E-state index in [0.29, 0.717) is 18.8 Å². The number of nitrogen functional groups attached to an aromatic ring is 1. The zero-order valence-corrected chi connectivity index (χ0v) is 11.5. The first-order valence-corrected chi connectivity index (χ1v) is 6.99. The van der Waals surface area contributed by atoms with Gasteiger partial charge in [-0.2, -0.15) is 0 Å². The Morgan fingerprint density at radius 2 is 2.20 bits per heavy atom. The molecule has 0 aliphatic rings. The highest BCUT2D eigenvalue weighted by molar-refractivity contribution is 7.13. The lowest BCUT2D eigenvalue weighted by atomic mass is 10.3. The molecule has 0 saturated carbocycles. The van der Waals surface area contributed by atoms with Crippen molar-refractivity contribution in [3.8, 4) is 16.5 Å². The van der Waals surface area contributed by atoms with Crippen LogP contribution >= 0.6 is 11.3 Å². The van der Waals surface area contributed by atoms with Crippen molar-refractivity contribution in [2.75, 3.05) is 12.3 Å². The van der Waals surface area contributed by atoms with Crippen molar-refractivity contribution in [1.29, 1.82) is 0 Å². The van der Waals surface area contributed by atoms with E-state index < -0.39 is 0 Å². The molecule has 20 heavy (non-hydrogen) atoms. The average Bonchev–Trinajstić information content (AvgIpc) is 3.09. The molecular weight excluding hydrogens is 274 g/mol. The van der Waals surface area contributed by atoms with Gasteiger partial charge in [-0.15, -0.1) is 16.4 Å². The SMILES string of the molecule is Nc1cccc(OCCn2nnnc2-c2cccs2)c1. The van der Waals surface area contributed by atoms with Crippen molar-refractivity contribution >= 4 is 17.0 Å². The minimum Gasteiger partial charge on any atom is -0.492 e. The summed E-state index contributed by atoms with van der Waals surface area (Å²) in [5.41, 5.74) is 6.38. The highest BCUT2D eigenvalue weighted by atomic mass is 32.1. The van der Waals surface area contributed by atoms with Gasteiger partial charge in [0.05, 0.1) is 11.4 Å². The first-order chi connectivity index (χ1) is 9.83. The molecule has 0 fully saturated rings. The number of benzene rings is 1. The van der Waals surface area contributed by atoms with Crippen LogP contribution in [-0.4, -0.2) is 26.8 Å². The Bertz CT molecular complexity index is 680. The summed E-state index contributed by atoms with van der Waals surface area (Å²) in [6, 6.07) is 11.3. The smallest absolute Gasteiger partial charge is 0.192 e. The second-order valence-electron chi connectivity index (χ2n) is 4.12. The van der Waals surface area contributed by atoms with E-state index in [9.17, 15) is 0 Å². The van der Waals surface area contributed by atoms with Crippen LogP contribution in [0.5, 0.6) is 5.75 Å². The third-order valence-electron chi connectivity index (χ3n) is 2.70. The van der Waals surface area contributed by atoms with Crippen LogP contribution in [0.15, 0.2) is 41.8 Å². The van der Waals surface area contributed by atoms with Gasteiger partial charge in [0.2, 0.25) is 0 Å².